The molecule has 0 unspecified atom stereocenters. The highest BCUT2D eigenvalue weighted by molar-refractivity contribution is 6.66. The first kappa shape index (κ1) is 19.5. The lowest BCUT2D eigenvalue weighted by atomic mass is 10.5. The van der Waals surface area contributed by atoms with E-state index in [0.29, 0.717) is 0 Å². The minimum atomic E-state index is -4.87. The molecule has 0 spiro atoms. The SMILES string of the molecule is C[Si](CCC(F)(F)F)(OCC(F)(F)F)OCC(F)(F)F. The molecule has 0 aliphatic heterocycles. The molecule has 0 bridgehead atoms. The van der Waals surface area contributed by atoms with Crippen molar-refractivity contribution in [3.05, 3.63) is 0 Å². The molecule has 0 radical (unpaired) electrons. The van der Waals surface area contributed by atoms with Gasteiger partial charge in [0.2, 0.25) is 0 Å². The van der Waals surface area contributed by atoms with E-state index in [1.54, 1.807) is 0 Å². The highest BCUT2D eigenvalue weighted by Crippen LogP contribution is 2.30. The van der Waals surface area contributed by atoms with Gasteiger partial charge in [0.1, 0.15) is 13.2 Å². The van der Waals surface area contributed by atoms with Crippen LogP contribution in [-0.4, -0.2) is 40.3 Å². The van der Waals surface area contributed by atoms with E-state index in [4.69, 9.17) is 0 Å². The largest absolute Gasteiger partial charge is 0.410 e. The Morgan fingerprint density at radius 1 is 0.700 bits per heavy atom. The second kappa shape index (κ2) is 6.51. The first-order chi connectivity index (χ1) is 8.62. The van der Waals surface area contributed by atoms with Gasteiger partial charge in [-0.3, -0.25) is 0 Å². The summed E-state index contributed by atoms with van der Waals surface area (Å²) in [6.45, 7) is -3.17. The molecular formula is C8H11F9O2Si. The van der Waals surface area contributed by atoms with Gasteiger partial charge in [-0.25, -0.2) is 0 Å². The first-order valence-corrected chi connectivity index (χ1v) is 7.62. The molecule has 0 atom stereocenters. The van der Waals surface area contributed by atoms with Crippen molar-refractivity contribution in [2.45, 2.75) is 37.5 Å². The third-order valence-corrected chi connectivity index (χ3v) is 4.61. The van der Waals surface area contributed by atoms with E-state index in [-0.39, 0.29) is 0 Å². The third-order valence-electron chi connectivity index (χ3n) is 1.94. The standard InChI is InChI=1S/C8H11F9O2Si/c1-20(3-2-6(9,10)11,18-4-7(12,13)14)19-5-8(15,16)17/h2-5H2,1H3. The van der Waals surface area contributed by atoms with Crippen LogP contribution in [0.4, 0.5) is 39.5 Å². The Bertz CT molecular complexity index is 250. The Kier molecular flexibility index (Phi) is 6.35. The van der Waals surface area contributed by atoms with E-state index in [0.717, 1.165) is 6.55 Å². The normalized spacial score (nSPS) is 14.7. The summed E-state index contributed by atoms with van der Waals surface area (Å²) < 4.78 is 116. The van der Waals surface area contributed by atoms with Gasteiger partial charge >= 0.3 is 27.1 Å². The van der Waals surface area contributed by atoms with E-state index in [9.17, 15) is 39.5 Å². The van der Waals surface area contributed by atoms with Gasteiger partial charge in [0.25, 0.3) is 0 Å². The molecule has 0 heterocycles. The van der Waals surface area contributed by atoms with Gasteiger partial charge in [-0.2, -0.15) is 39.5 Å². The number of hydrogen-bond donors (Lipinski definition) is 0. The van der Waals surface area contributed by atoms with Crippen molar-refractivity contribution in [2.24, 2.45) is 0 Å². The summed E-state index contributed by atoms with van der Waals surface area (Å²) >= 11 is 0. The van der Waals surface area contributed by atoms with Crippen LogP contribution in [0.1, 0.15) is 6.42 Å². The van der Waals surface area contributed by atoms with Gasteiger partial charge in [0, 0.05) is 6.42 Å². The molecule has 0 aliphatic carbocycles. The zero-order valence-electron chi connectivity index (χ0n) is 10.0. The Morgan fingerprint density at radius 2 is 1.05 bits per heavy atom. The topological polar surface area (TPSA) is 18.5 Å². The first-order valence-electron chi connectivity index (χ1n) is 5.10. The number of rotatable bonds is 6. The van der Waals surface area contributed by atoms with Crippen LogP contribution in [0.2, 0.25) is 12.6 Å². The molecule has 0 aromatic rings. The smallest absolute Gasteiger partial charge is 0.385 e. The molecule has 0 amide bonds. The molecule has 0 aliphatic rings. The maximum atomic E-state index is 12.0. The molecule has 0 N–H and O–H groups in total. The van der Waals surface area contributed by atoms with Crippen LogP contribution in [0.3, 0.4) is 0 Å². The Labute approximate surface area is 109 Å². The van der Waals surface area contributed by atoms with Gasteiger partial charge in [0.05, 0.1) is 0 Å². The van der Waals surface area contributed by atoms with Gasteiger partial charge in [-0.1, -0.05) is 0 Å². The number of halogens is 9. The van der Waals surface area contributed by atoms with Crippen LogP contribution < -0.4 is 0 Å². The maximum absolute atomic E-state index is 12.0. The minimum absolute atomic E-state index is 0.732. The molecule has 2 nitrogen and oxygen atoms in total. The average molecular weight is 338 g/mol. The zero-order valence-corrected chi connectivity index (χ0v) is 11.0. The van der Waals surface area contributed by atoms with Gasteiger partial charge in [-0.05, 0) is 12.6 Å². The van der Waals surface area contributed by atoms with E-state index in [2.05, 4.69) is 8.85 Å². The molecular weight excluding hydrogens is 327 g/mol. The minimum Gasteiger partial charge on any atom is -0.385 e. The van der Waals surface area contributed by atoms with E-state index in [1.165, 1.54) is 0 Å². The lowest BCUT2D eigenvalue weighted by molar-refractivity contribution is -0.172. The van der Waals surface area contributed by atoms with Crippen LogP contribution in [0.5, 0.6) is 0 Å². The lowest BCUT2D eigenvalue weighted by Crippen LogP contribution is -2.44. The summed E-state index contributed by atoms with van der Waals surface area (Å²) in [7, 11) is -4.24. The van der Waals surface area contributed by atoms with Gasteiger partial charge < -0.3 is 8.85 Å². The number of hydrogen-bond acceptors (Lipinski definition) is 2. The Hall–Kier alpha value is -0.493. The van der Waals surface area contributed by atoms with Crippen LogP contribution in [0.15, 0.2) is 0 Å². The van der Waals surface area contributed by atoms with E-state index in [1.807, 2.05) is 0 Å². The highest BCUT2D eigenvalue weighted by Gasteiger charge is 2.43. The fourth-order valence-corrected chi connectivity index (χ4v) is 3.07. The summed E-state index contributed by atoms with van der Waals surface area (Å²) in [5, 5.41) is 0. The quantitative estimate of drug-likeness (QED) is 0.535. The van der Waals surface area contributed by atoms with Crippen LogP contribution >= 0.6 is 0 Å². The predicted molar refractivity (Wildman–Crippen MR) is 51.1 cm³/mol. The third kappa shape index (κ3) is 11.3. The molecule has 0 aromatic carbocycles. The molecule has 0 saturated heterocycles. The second-order valence-electron chi connectivity index (χ2n) is 4.06. The van der Waals surface area contributed by atoms with Crippen molar-refractivity contribution in [3.8, 4) is 0 Å². The van der Waals surface area contributed by atoms with Crippen molar-refractivity contribution in [1.82, 2.24) is 0 Å². The Morgan fingerprint density at radius 3 is 1.30 bits per heavy atom. The van der Waals surface area contributed by atoms with Crippen molar-refractivity contribution < 1.29 is 48.4 Å². The molecule has 0 fully saturated rings. The van der Waals surface area contributed by atoms with Crippen molar-refractivity contribution in [3.63, 3.8) is 0 Å². The summed E-state index contributed by atoms with van der Waals surface area (Å²) in [5.41, 5.74) is 0. The zero-order chi connectivity index (χ0) is 16.2. The number of alkyl halides is 9. The summed E-state index contributed by atoms with van der Waals surface area (Å²) in [5.74, 6) is 0. The van der Waals surface area contributed by atoms with Crippen LogP contribution in [0.25, 0.3) is 0 Å². The molecule has 20 heavy (non-hydrogen) atoms. The fourth-order valence-electron chi connectivity index (χ4n) is 1.02. The summed E-state index contributed by atoms with van der Waals surface area (Å²) in [4.78, 5) is 0. The predicted octanol–water partition coefficient (Wildman–Crippen LogP) is 4.17. The van der Waals surface area contributed by atoms with Crippen LogP contribution in [-0.2, 0) is 8.85 Å². The van der Waals surface area contributed by atoms with Gasteiger partial charge in [0.15, 0.2) is 0 Å². The van der Waals surface area contributed by atoms with Crippen molar-refractivity contribution >= 4 is 8.56 Å². The molecule has 0 rings (SSSR count). The summed E-state index contributed by atoms with van der Waals surface area (Å²) in [6, 6.07) is -1.05. The second-order valence-corrected chi connectivity index (χ2v) is 7.40. The highest BCUT2D eigenvalue weighted by atomic mass is 28.4. The van der Waals surface area contributed by atoms with Crippen LogP contribution in [0, 0.1) is 0 Å². The van der Waals surface area contributed by atoms with Crippen molar-refractivity contribution in [1.29, 1.82) is 0 Å². The fraction of sp³-hybridized carbons (Fsp3) is 1.00. The monoisotopic (exact) mass is 338 g/mol. The summed E-state index contributed by atoms with van der Waals surface area (Å²) in [6.07, 6.45) is -16.0. The molecule has 0 aromatic heterocycles. The van der Waals surface area contributed by atoms with E-state index < -0.39 is 52.8 Å². The maximum Gasteiger partial charge on any atom is 0.410 e. The molecule has 0 saturated carbocycles. The average Bonchev–Trinajstić information content (AvgIpc) is 2.18. The Balaban J connectivity index is 4.66. The van der Waals surface area contributed by atoms with Crippen molar-refractivity contribution in [2.75, 3.05) is 13.2 Å². The molecule has 122 valence electrons. The molecule has 12 heteroatoms. The van der Waals surface area contributed by atoms with E-state index >= 15 is 0 Å². The lowest BCUT2D eigenvalue weighted by Gasteiger charge is -2.28. The van der Waals surface area contributed by atoms with Gasteiger partial charge in [-0.15, -0.1) is 0 Å².